The van der Waals surface area contributed by atoms with Crippen molar-refractivity contribution in [2.24, 2.45) is 16.1 Å². The summed E-state index contributed by atoms with van der Waals surface area (Å²) < 4.78 is 4.12. The van der Waals surface area contributed by atoms with Crippen LogP contribution in [0, 0.1) is 6.92 Å². The van der Waals surface area contributed by atoms with E-state index in [-0.39, 0.29) is 33.3 Å². The molecule has 1 heterocycles. The average molecular weight is 431 g/mol. The zero-order valence-electron chi connectivity index (χ0n) is 16.4. The molecule has 0 aliphatic rings. The number of benzene rings is 3. The molecule has 1 amide bonds. The van der Waals surface area contributed by atoms with Crippen LogP contribution < -0.4 is 11.3 Å². The van der Waals surface area contributed by atoms with Crippen molar-refractivity contribution in [3.05, 3.63) is 83.0 Å². The van der Waals surface area contributed by atoms with Crippen molar-refractivity contribution >= 4 is 44.7 Å². The number of amides is 1. The lowest BCUT2D eigenvalue weighted by Crippen LogP contribution is -2.30. The van der Waals surface area contributed by atoms with Gasteiger partial charge in [-0.1, -0.05) is 54.6 Å². The lowest BCUT2D eigenvalue weighted by atomic mass is 9.97. The predicted molar refractivity (Wildman–Crippen MR) is 118 cm³/mol. The number of aryl methyl sites for hydroxylation is 1. The number of nitrogen functional groups attached to an aromatic ring is 1. The van der Waals surface area contributed by atoms with Gasteiger partial charge < -0.3 is 5.11 Å². The number of carbonyl (C=O) groups excluding carboxylic acids is 2. The number of aromatic hydroxyl groups is 1. The Balaban J connectivity index is 1.87. The Morgan fingerprint density at radius 2 is 1.77 bits per heavy atom. The van der Waals surface area contributed by atoms with Crippen LogP contribution in [0.4, 0.5) is 10.7 Å². The number of nitrogens with two attached hydrogens (primary N) is 1. The molecule has 8 nitrogen and oxygen atoms in total. The molecule has 0 atom stereocenters. The summed E-state index contributed by atoms with van der Waals surface area (Å²) in [6.45, 7) is 1.66. The summed E-state index contributed by atoms with van der Waals surface area (Å²) >= 11 is 0.982. The van der Waals surface area contributed by atoms with E-state index in [4.69, 9.17) is 5.84 Å². The molecule has 0 radical (unpaired) electrons. The second-order valence-electron chi connectivity index (χ2n) is 6.66. The van der Waals surface area contributed by atoms with Gasteiger partial charge in [-0.2, -0.15) is 4.37 Å². The van der Waals surface area contributed by atoms with Crippen molar-refractivity contribution < 1.29 is 14.7 Å². The highest BCUT2D eigenvalue weighted by atomic mass is 32.1. The van der Waals surface area contributed by atoms with Crippen LogP contribution in [0.3, 0.4) is 0 Å². The SMILES string of the molecule is Cc1nsc(N=Nc2c(O)c(C(=O)c3ccccc3)cc3ccccc23)c1C(=O)NN. The van der Waals surface area contributed by atoms with Gasteiger partial charge in [0.25, 0.3) is 5.91 Å². The van der Waals surface area contributed by atoms with Crippen molar-refractivity contribution in [2.75, 3.05) is 0 Å². The molecule has 9 heteroatoms. The molecule has 154 valence electrons. The van der Waals surface area contributed by atoms with Crippen LogP contribution in [-0.4, -0.2) is 21.2 Å². The molecule has 0 fully saturated rings. The first-order valence-electron chi connectivity index (χ1n) is 9.24. The largest absolute Gasteiger partial charge is 0.505 e. The summed E-state index contributed by atoms with van der Waals surface area (Å²) in [5.74, 6) is 4.08. The molecule has 0 bridgehead atoms. The Hall–Kier alpha value is -3.95. The molecule has 4 aromatic rings. The predicted octanol–water partition coefficient (Wildman–Crippen LogP) is 4.56. The van der Waals surface area contributed by atoms with Crippen LogP contribution >= 0.6 is 11.5 Å². The molecule has 0 unspecified atom stereocenters. The third-order valence-electron chi connectivity index (χ3n) is 4.72. The number of hydrogen-bond acceptors (Lipinski definition) is 8. The lowest BCUT2D eigenvalue weighted by Gasteiger charge is -2.10. The standard InChI is InChI=1S/C22H17N5O3S/c1-12-17(21(30)24-23)22(31-27-12)26-25-18-15-10-6-5-9-14(15)11-16(20(18)29)19(28)13-7-3-2-4-8-13/h2-11,29H,23H2,1H3,(H,24,30). The van der Waals surface area contributed by atoms with Gasteiger partial charge >= 0.3 is 0 Å². The summed E-state index contributed by atoms with van der Waals surface area (Å²) in [7, 11) is 0. The van der Waals surface area contributed by atoms with E-state index >= 15 is 0 Å². The number of phenolic OH excluding ortho intramolecular Hbond substituents is 1. The molecule has 0 spiro atoms. The van der Waals surface area contributed by atoms with Gasteiger partial charge in [-0.25, -0.2) is 5.84 Å². The van der Waals surface area contributed by atoms with Crippen molar-refractivity contribution in [1.82, 2.24) is 9.80 Å². The Morgan fingerprint density at radius 3 is 2.52 bits per heavy atom. The Kier molecular flexibility index (Phi) is 5.52. The summed E-state index contributed by atoms with van der Waals surface area (Å²) in [6.07, 6.45) is 0. The summed E-state index contributed by atoms with van der Waals surface area (Å²) in [4.78, 5) is 25.1. The molecule has 0 saturated heterocycles. The fourth-order valence-electron chi connectivity index (χ4n) is 3.19. The maximum Gasteiger partial charge on any atom is 0.270 e. The number of hydrazine groups is 1. The van der Waals surface area contributed by atoms with Crippen molar-refractivity contribution in [2.45, 2.75) is 6.92 Å². The van der Waals surface area contributed by atoms with Crippen molar-refractivity contribution in [1.29, 1.82) is 0 Å². The smallest absolute Gasteiger partial charge is 0.270 e. The second-order valence-corrected chi connectivity index (χ2v) is 7.41. The van der Waals surface area contributed by atoms with Crippen LogP contribution in [0.15, 0.2) is 70.9 Å². The number of fused-ring (bicyclic) bond motifs is 1. The van der Waals surface area contributed by atoms with E-state index in [0.717, 1.165) is 11.5 Å². The van der Waals surface area contributed by atoms with Gasteiger partial charge in [0.1, 0.15) is 11.3 Å². The summed E-state index contributed by atoms with van der Waals surface area (Å²) in [5, 5.41) is 20.9. The van der Waals surface area contributed by atoms with Gasteiger partial charge in [0.05, 0.1) is 11.3 Å². The minimum absolute atomic E-state index is 0.110. The third-order valence-corrected chi connectivity index (χ3v) is 5.54. The molecular formula is C22H17N5O3S. The summed E-state index contributed by atoms with van der Waals surface area (Å²) in [6, 6.07) is 17.5. The van der Waals surface area contributed by atoms with Gasteiger partial charge in [-0.05, 0) is 29.9 Å². The van der Waals surface area contributed by atoms with Crippen LogP contribution in [0.25, 0.3) is 10.8 Å². The molecular weight excluding hydrogens is 414 g/mol. The molecule has 0 aliphatic heterocycles. The number of hydrogen-bond donors (Lipinski definition) is 3. The number of nitrogens with zero attached hydrogens (tertiary/aromatic N) is 3. The van der Waals surface area contributed by atoms with Gasteiger partial charge in [-0.15, -0.1) is 10.2 Å². The van der Waals surface area contributed by atoms with Crippen molar-refractivity contribution in [3.8, 4) is 5.75 Å². The van der Waals surface area contributed by atoms with Crippen LogP contribution in [-0.2, 0) is 0 Å². The number of ketones is 1. The maximum atomic E-state index is 13.0. The Morgan fingerprint density at radius 1 is 1.06 bits per heavy atom. The minimum Gasteiger partial charge on any atom is -0.505 e. The molecule has 1 aromatic heterocycles. The third kappa shape index (κ3) is 3.79. The van der Waals surface area contributed by atoms with E-state index in [1.165, 1.54) is 0 Å². The monoisotopic (exact) mass is 431 g/mol. The molecule has 3 aromatic carbocycles. The summed E-state index contributed by atoms with van der Waals surface area (Å²) in [5.41, 5.74) is 3.41. The Labute approximate surface area is 181 Å². The molecule has 4 rings (SSSR count). The van der Waals surface area contributed by atoms with Gasteiger partial charge in [0, 0.05) is 10.9 Å². The van der Waals surface area contributed by atoms with E-state index in [2.05, 4.69) is 20.0 Å². The second kappa shape index (κ2) is 8.42. The topological polar surface area (TPSA) is 130 Å². The maximum absolute atomic E-state index is 13.0. The first-order valence-corrected chi connectivity index (χ1v) is 10.0. The van der Waals surface area contributed by atoms with Crippen LogP contribution in [0.5, 0.6) is 5.75 Å². The van der Waals surface area contributed by atoms with Crippen LogP contribution in [0.1, 0.15) is 32.0 Å². The Bertz CT molecular complexity index is 1330. The van der Waals surface area contributed by atoms with E-state index < -0.39 is 5.91 Å². The normalized spacial score (nSPS) is 11.2. The van der Waals surface area contributed by atoms with E-state index in [1.54, 1.807) is 49.4 Å². The van der Waals surface area contributed by atoms with E-state index in [0.29, 0.717) is 22.0 Å². The highest BCUT2D eigenvalue weighted by Gasteiger charge is 2.21. The molecule has 31 heavy (non-hydrogen) atoms. The quantitative estimate of drug-likeness (QED) is 0.140. The van der Waals surface area contributed by atoms with Gasteiger partial charge in [0.15, 0.2) is 16.5 Å². The molecule has 4 N–H and O–H groups in total. The van der Waals surface area contributed by atoms with Gasteiger partial charge in [0.2, 0.25) is 0 Å². The fourth-order valence-corrected chi connectivity index (χ4v) is 3.92. The van der Waals surface area contributed by atoms with E-state index in [9.17, 15) is 14.7 Å². The van der Waals surface area contributed by atoms with Crippen molar-refractivity contribution in [3.63, 3.8) is 0 Å². The zero-order valence-corrected chi connectivity index (χ0v) is 17.2. The molecule has 0 aliphatic carbocycles. The number of nitrogens with one attached hydrogen (secondary N) is 1. The first kappa shape index (κ1) is 20.3. The number of phenols is 1. The number of azo groups is 1. The van der Waals surface area contributed by atoms with Crippen LogP contribution in [0.2, 0.25) is 0 Å². The molecule has 0 saturated carbocycles. The lowest BCUT2D eigenvalue weighted by molar-refractivity contribution is 0.0953. The average Bonchev–Trinajstić information content (AvgIpc) is 3.18. The fraction of sp³-hybridized carbons (Fsp3) is 0.0455. The first-order chi connectivity index (χ1) is 15.0. The zero-order chi connectivity index (χ0) is 22.0. The number of rotatable bonds is 5. The highest BCUT2D eigenvalue weighted by Crippen LogP contribution is 2.41. The number of carbonyl (C=O) groups is 2. The minimum atomic E-state index is -0.540. The number of aromatic nitrogens is 1. The van der Waals surface area contributed by atoms with Gasteiger partial charge in [-0.3, -0.25) is 15.0 Å². The highest BCUT2D eigenvalue weighted by molar-refractivity contribution is 7.10. The van der Waals surface area contributed by atoms with E-state index in [1.807, 2.05) is 18.2 Å².